The highest BCUT2D eigenvalue weighted by molar-refractivity contribution is 7.11. The van der Waals surface area contributed by atoms with E-state index >= 15 is 0 Å². The smallest absolute Gasteiger partial charge is 0.278 e. The van der Waals surface area contributed by atoms with Crippen molar-refractivity contribution in [2.75, 3.05) is 18.5 Å². The molecule has 2 aromatic rings. The molecule has 1 aromatic carbocycles. The van der Waals surface area contributed by atoms with Gasteiger partial charge in [0.25, 0.3) is 11.8 Å². The fourth-order valence-corrected chi connectivity index (χ4v) is 3.40. The van der Waals surface area contributed by atoms with E-state index < -0.39 is 11.7 Å². The van der Waals surface area contributed by atoms with E-state index in [0.29, 0.717) is 16.1 Å². The Morgan fingerprint density at radius 2 is 2.00 bits per heavy atom. The first-order chi connectivity index (χ1) is 12.5. The SMILES string of the molecule is CC(C)OCCN1C(=O)C(Nc2cccc(F)c2)=C(c2cccs2)C1=O. The largest absolute Gasteiger partial charge is 0.377 e. The van der Waals surface area contributed by atoms with Gasteiger partial charge >= 0.3 is 0 Å². The molecule has 1 aliphatic rings. The van der Waals surface area contributed by atoms with Gasteiger partial charge in [-0.2, -0.15) is 0 Å². The molecule has 7 heteroatoms. The second kappa shape index (κ2) is 7.80. The highest BCUT2D eigenvalue weighted by Crippen LogP contribution is 2.32. The predicted octanol–water partition coefficient (Wildman–Crippen LogP) is 3.50. The number of anilines is 1. The van der Waals surface area contributed by atoms with E-state index in [2.05, 4.69) is 5.32 Å². The summed E-state index contributed by atoms with van der Waals surface area (Å²) in [7, 11) is 0. The number of carbonyl (C=O) groups excluding carboxylic acids is 2. The Morgan fingerprint density at radius 3 is 2.65 bits per heavy atom. The van der Waals surface area contributed by atoms with Gasteiger partial charge in [0.05, 0.1) is 24.8 Å². The van der Waals surface area contributed by atoms with E-state index in [9.17, 15) is 14.0 Å². The van der Waals surface area contributed by atoms with Crippen LogP contribution in [0.3, 0.4) is 0 Å². The van der Waals surface area contributed by atoms with E-state index in [0.717, 1.165) is 0 Å². The number of nitrogens with zero attached hydrogens (tertiary/aromatic N) is 1. The van der Waals surface area contributed by atoms with Crippen molar-refractivity contribution in [2.45, 2.75) is 20.0 Å². The highest BCUT2D eigenvalue weighted by Gasteiger charge is 2.39. The third-order valence-electron chi connectivity index (χ3n) is 3.80. The Hall–Kier alpha value is -2.51. The Bertz CT molecular complexity index is 846. The summed E-state index contributed by atoms with van der Waals surface area (Å²) in [5.41, 5.74) is 0.877. The average Bonchev–Trinajstić information content (AvgIpc) is 3.17. The third kappa shape index (κ3) is 3.84. The molecule has 1 aliphatic heterocycles. The molecule has 26 heavy (non-hydrogen) atoms. The van der Waals surface area contributed by atoms with Crippen molar-refractivity contribution in [3.8, 4) is 0 Å². The maximum absolute atomic E-state index is 13.5. The number of amides is 2. The van der Waals surface area contributed by atoms with Crippen LogP contribution in [-0.2, 0) is 14.3 Å². The Labute approximate surface area is 155 Å². The molecule has 2 heterocycles. The van der Waals surface area contributed by atoms with Gasteiger partial charge in [-0.3, -0.25) is 14.5 Å². The van der Waals surface area contributed by atoms with Crippen LogP contribution in [0.15, 0.2) is 47.5 Å². The number of benzene rings is 1. The lowest BCUT2D eigenvalue weighted by atomic mass is 10.2. The van der Waals surface area contributed by atoms with Crippen LogP contribution in [0, 0.1) is 5.82 Å². The normalized spacial score (nSPS) is 14.7. The van der Waals surface area contributed by atoms with Crippen LogP contribution in [-0.4, -0.2) is 36.0 Å². The van der Waals surface area contributed by atoms with Gasteiger partial charge in [0, 0.05) is 10.6 Å². The van der Waals surface area contributed by atoms with Crippen molar-refractivity contribution < 1.29 is 18.7 Å². The summed E-state index contributed by atoms with van der Waals surface area (Å²) < 4.78 is 18.9. The van der Waals surface area contributed by atoms with Crippen LogP contribution in [0.4, 0.5) is 10.1 Å². The molecule has 0 aliphatic carbocycles. The summed E-state index contributed by atoms with van der Waals surface area (Å²) in [6.45, 7) is 4.21. The second-order valence-corrected chi connectivity index (χ2v) is 6.99. The molecule has 0 saturated heterocycles. The van der Waals surface area contributed by atoms with Gasteiger partial charge in [-0.1, -0.05) is 12.1 Å². The minimum absolute atomic E-state index is 0.0115. The summed E-state index contributed by atoms with van der Waals surface area (Å²) in [4.78, 5) is 27.5. The molecule has 0 saturated carbocycles. The third-order valence-corrected chi connectivity index (χ3v) is 4.68. The van der Waals surface area contributed by atoms with E-state index in [-0.39, 0.29) is 30.9 Å². The minimum Gasteiger partial charge on any atom is -0.377 e. The fraction of sp³-hybridized carbons (Fsp3) is 0.263. The van der Waals surface area contributed by atoms with Crippen LogP contribution in [0.1, 0.15) is 18.7 Å². The lowest BCUT2D eigenvalue weighted by Gasteiger charge is -2.16. The quantitative estimate of drug-likeness (QED) is 0.754. The summed E-state index contributed by atoms with van der Waals surface area (Å²) >= 11 is 1.37. The Kier molecular flexibility index (Phi) is 5.49. The first kappa shape index (κ1) is 18.3. The van der Waals surface area contributed by atoms with E-state index in [4.69, 9.17) is 4.74 Å². The molecule has 0 spiro atoms. The van der Waals surface area contributed by atoms with Crippen LogP contribution in [0.25, 0.3) is 5.57 Å². The molecule has 3 rings (SSSR count). The number of rotatable bonds is 7. The maximum atomic E-state index is 13.5. The monoisotopic (exact) mass is 374 g/mol. The Balaban J connectivity index is 1.90. The summed E-state index contributed by atoms with van der Waals surface area (Å²) in [5.74, 6) is -1.23. The van der Waals surface area contributed by atoms with Gasteiger partial charge in [0.2, 0.25) is 0 Å². The number of carbonyl (C=O) groups is 2. The number of halogens is 1. The fourth-order valence-electron chi connectivity index (χ4n) is 2.63. The van der Waals surface area contributed by atoms with Crippen LogP contribution >= 0.6 is 11.3 Å². The van der Waals surface area contributed by atoms with Crippen molar-refractivity contribution in [2.24, 2.45) is 0 Å². The molecule has 0 fully saturated rings. The van der Waals surface area contributed by atoms with Crippen molar-refractivity contribution in [3.63, 3.8) is 0 Å². The van der Waals surface area contributed by atoms with Gasteiger partial charge in [-0.05, 0) is 43.5 Å². The van der Waals surface area contributed by atoms with Gasteiger partial charge in [-0.25, -0.2) is 4.39 Å². The van der Waals surface area contributed by atoms with E-state index in [1.165, 1.54) is 28.4 Å². The molecule has 136 valence electrons. The average molecular weight is 374 g/mol. The predicted molar refractivity (Wildman–Crippen MR) is 99.1 cm³/mol. The maximum Gasteiger partial charge on any atom is 0.278 e. The molecule has 0 unspecified atom stereocenters. The summed E-state index contributed by atoms with van der Waals surface area (Å²) in [6, 6.07) is 9.38. The number of nitrogens with one attached hydrogen (secondary N) is 1. The first-order valence-corrected chi connectivity index (χ1v) is 9.14. The molecular formula is C19H19FN2O3S. The topological polar surface area (TPSA) is 58.6 Å². The van der Waals surface area contributed by atoms with Gasteiger partial charge in [-0.15, -0.1) is 11.3 Å². The number of imide groups is 1. The lowest BCUT2D eigenvalue weighted by molar-refractivity contribution is -0.137. The molecule has 0 bridgehead atoms. The zero-order chi connectivity index (χ0) is 18.7. The second-order valence-electron chi connectivity index (χ2n) is 6.04. The van der Waals surface area contributed by atoms with Crippen LogP contribution < -0.4 is 5.32 Å². The zero-order valence-electron chi connectivity index (χ0n) is 14.5. The number of ether oxygens (including phenoxy) is 1. The lowest BCUT2D eigenvalue weighted by Crippen LogP contribution is -2.35. The number of hydrogen-bond acceptors (Lipinski definition) is 5. The minimum atomic E-state index is -0.435. The number of hydrogen-bond donors (Lipinski definition) is 1. The van der Waals surface area contributed by atoms with Crippen molar-refractivity contribution in [3.05, 3.63) is 58.2 Å². The number of thiophene rings is 1. The molecule has 1 N–H and O–H groups in total. The van der Waals surface area contributed by atoms with Crippen LogP contribution in [0.2, 0.25) is 0 Å². The molecule has 0 atom stereocenters. The molecule has 2 amide bonds. The van der Waals surface area contributed by atoms with Gasteiger partial charge in [0.1, 0.15) is 11.5 Å². The van der Waals surface area contributed by atoms with Crippen LogP contribution in [0.5, 0.6) is 0 Å². The Morgan fingerprint density at radius 1 is 1.19 bits per heavy atom. The van der Waals surface area contributed by atoms with E-state index in [1.54, 1.807) is 18.2 Å². The highest BCUT2D eigenvalue weighted by atomic mass is 32.1. The van der Waals surface area contributed by atoms with Gasteiger partial charge < -0.3 is 10.1 Å². The molecule has 1 aromatic heterocycles. The first-order valence-electron chi connectivity index (χ1n) is 8.26. The molecule has 5 nitrogen and oxygen atoms in total. The summed E-state index contributed by atoms with van der Waals surface area (Å²) in [6.07, 6.45) is 0.0115. The molecule has 0 radical (unpaired) electrons. The zero-order valence-corrected chi connectivity index (χ0v) is 15.3. The van der Waals surface area contributed by atoms with E-state index in [1.807, 2.05) is 25.3 Å². The van der Waals surface area contributed by atoms with Crippen molar-refractivity contribution >= 4 is 34.4 Å². The van der Waals surface area contributed by atoms with Gasteiger partial charge in [0.15, 0.2) is 0 Å². The molecular weight excluding hydrogens is 355 g/mol. The van der Waals surface area contributed by atoms with Crippen molar-refractivity contribution in [1.82, 2.24) is 4.90 Å². The standard InChI is InChI=1S/C19H19FN2O3S/c1-12(2)25-9-8-22-18(23)16(15-7-4-10-26-15)17(19(22)24)21-14-6-3-5-13(20)11-14/h3-7,10-12,21H,8-9H2,1-2H3. The summed E-state index contributed by atoms with van der Waals surface area (Å²) in [5, 5.41) is 4.76. The van der Waals surface area contributed by atoms with Crippen molar-refractivity contribution in [1.29, 1.82) is 0 Å².